The lowest BCUT2D eigenvalue weighted by Crippen LogP contribution is -2.43. The van der Waals surface area contributed by atoms with Gasteiger partial charge in [-0.1, -0.05) is 0 Å². The van der Waals surface area contributed by atoms with Gasteiger partial charge in [0.1, 0.15) is 17.3 Å². The van der Waals surface area contributed by atoms with Crippen LogP contribution in [0.4, 0.5) is 11.4 Å². The summed E-state index contributed by atoms with van der Waals surface area (Å²) < 4.78 is 10.2. The topological polar surface area (TPSA) is 111 Å². The molecule has 0 unspecified atom stereocenters. The van der Waals surface area contributed by atoms with Gasteiger partial charge in [-0.25, -0.2) is 15.0 Å². The lowest BCUT2D eigenvalue weighted by atomic mass is 10.2. The predicted octanol–water partition coefficient (Wildman–Crippen LogP) is 3.32. The van der Waals surface area contributed by atoms with Crippen molar-refractivity contribution in [3.8, 4) is 11.5 Å². The first kappa shape index (κ1) is 19.0. The van der Waals surface area contributed by atoms with Crippen LogP contribution < -0.4 is 14.8 Å². The average Bonchev–Trinajstić information content (AvgIpc) is 2.68. The Bertz CT molecular complexity index is 949. The molecule has 9 nitrogen and oxygen atoms in total. The Morgan fingerprint density at radius 1 is 1.00 bits per heavy atom. The molecule has 0 bridgehead atoms. The molecule has 0 aliphatic carbocycles. The van der Waals surface area contributed by atoms with E-state index < -0.39 is 11.0 Å². The third-order valence-electron chi connectivity index (χ3n) is 3.95. The first-order chi connectivity index (χ1) is 13.5. The molecule has 0 spiro atoms. The first-order valence-electron chi connectivity index (χ1n) is 8.41. The molecule has 0 saturated heterocycles. The number of methoxy groups -OCH3 is 2. The zero-order valence-corrected chi connectivity index (χ0v) is 15.6. The van der Waals surface area contributed by atoms with E-state index in [0.717, 1.165) is 0 Å². The second-order valence-corrected chi connectivity index (χ2v) is 5.87. The largest absolute Gasteiger partial charge is 0.497 e. The fraction of sp³-hybridized carbons (Fsp3) is 0.211. The van der Waals surface area contributed by atoms with Gasteiger partial charge in [-0.05, 0) is 55.5 Å². The quantitative estimate of drug-likeness (QED) is 0.631. The molecule has 1 atom stereocenters. The summed E-state index contributed by atoms with van der Waals surface area (Å²) in [5.41, 5.74) is 1.18. The Labute approximate surface area is 161 Å². The van der Waals surface area contributed by atoms with Gasteiger partial charge in [-0.2, -0.15) is 0 Å². The molecule has 9 heteroatoms. The molecule has 144 valence electrons. The zero-order chi connectivity index (χ0) is 20.1. The fourth-order valence-electron chi connectivity index (χ4n) is 2.60. The van der Waals surface area contributed by atoms with Crippen molar-refractivity contribution < 1.29 is 14.4 Å². The van der Waals surface area contributed by atoms with E-state index in [4.69, 9.17) is 9.47 Å². The second-order valence-electron chi connectivity index (χ2n) is 5.87. The standard InChI is InChI=1S/C19H19N5O4/c1-12-20-18(22-13-4-8-15(27-2)9-5-13)17(24(25)26)19(21-12)23-14-6-10-16(28-3)11-7-14/h4-11,17H,1-3H3,(H,20,21,22,23). The van der Waals surface area contributed by atoms with E-state index in [1.165, 1.54) is 0 Å². The number of nitro groups is 1. The molecule has 28 heavy (non-hydrogen) atoms. The maximum Gasteiger partial charge on any atom is 0.328 e. The second kappa shape index (κ2) is 8.30. The maximum atomic E-state index is 11.8. The van der Waals surface area contributed by atoms with E-state index >= 15 is 0 Å². The van der Waals surface area contributed by atoms with Gasteiger partial charge >= 0.3 is 6.04 Å². The number of hydrogen-bond donors (Lipinski definition) is 1. The Morgan fingerprint density at radius 2 is 1.57 bits per heavy atom. The molecule has 1 heterocycles. The van der Waals surface area contributed by atoms with Crippen LogP contribution in [0.3, 0.4) is 0 Å². The van der Waals surface area contributed by atoms with Gasteiger partial charge in [0.15, 0.2) is 5.84 Å². The number of anilines is 1. The molecule has 2 aromatic carbocycles. The summed E-state index contributed by atoms with van der Waals surface area (Å²) >= 11 is 0. The van der Waals surface area contributed by atoms with Crippen molar-refractivity contribution in [2.75, 3.05) is 19.5 Å². The number of hydrogen-bond acceptors (Lipinski definition) is 7. The van der Waals surface area contributed by atoms with Gasteiger partial charge in [0.2, 0.25) is 5.84 Å². The van der Waals surface area contributed by atoms with Crippen LogP contribution in [0.1, 0.15) is 6.92 Å². The molecule has 3 rings (SSSR count). The fourth-order valence-corrected chi connectivity index (χ4v) is 2.60. The van der Waals surface area contributed by atoms with Crippen LogP contribution in [-0.2, 0) is 0 Å². The first-order valence-corrected chi connectivity index (χ1v) is 8.41. The molecule has 0 amide bonds. The Balaban J connectivity index is 1.92. The van der Waals surface area contributed by atoms with Crippen molar-refractivity contribution in [2.45, 2.75) is 13.0 Å². The van der Waals surface area contributed by atoms with Gasteiger partial charge in [0.25, 0.3) is 0 Å². The van der Waals surface area contributed by atoms with E-state index in [0.29, 0.717) is 28.7 Å². The van der Waals surface area contributed by atoms with Crippen molar-refractivity contribution in [3.05, 3.63) is 58.6 Å². The van der Waals surface area contributed by atoms with Crippen molar-refractivity contribution in [1.29, 1.82) is 0 Å². The van der Waals surface area contributed by atoms with E-state index in [1.54, 1.807) is 69.7 Å². The molecule has 1 aliphatic rings. The van der Waals surface area contributed by atoms with Crippen LogP contribution >= 0.6 is 0 Å². The predicted molar refractivity (Wildman–Crippen MR) is 108 cm³/mol. The minimum absolute atomic E-state index is 0.0543. The van der Waals surface area contributed by atoms with E-state index in [-0.39, 0.29) is 11.7 Å². The highest BCUT2D eigenvalue weighted by Gasteiger charge is 2.37. The van der Waals surface area contributed by atoms with Crippen molar-refractivity contribution >= 4 is 28.9 Å². The lowest BCUT2D eigenvalue weighted by molar-refractivity contribution is -0.484. The minimum atomic E-state index is -1.31. The SMILES string of the molecule is COc1ccc(N=C2N=C(C)N=C(Nc3ccc(OC)cc3)[C@@H]2[N+](=O)[O-])cc1. The number of aliphatic imine (C=N–C) groups is 3. The number of nitrogens with one attached hydrogen (secondary N) is 1. The average molecular weight is 381 g/mol. The molecule has 0 radical (unpaired) electrons. The van der Waals surface area contributed by atoms with E-state index in [1.807, 2.05) is 0 Å². The van der Waals surface area contributed by atoms with Gasteiger partial charge in [-0.3, -0.25) is 10.1 Å². The number of ether oxygens (including phenoxy) is 2. The van der Waals surface area contributed by atoms with Crippen LogP contribution in [0.2, 0.25) is 0 Å². The van der Waals surface area contributed by atoms with Gasteiger partial charge < -0.3 is 14.8 Å². The van der Waals surface area contributed by atoms with Crippen LogP contribution in [0.25, 0.3) is 0 Å². The third-order valence-corrected chi connectivity index (χ3v) is 3.95. The summed E-state index contributed by atoms with van der Waals surface area (Å²) in [4.78, 5) is 24.1. The third kappa shape index (κ3) is 4.32. The molecule has 1 aliphatic heterocycles. The zero-order valence-electron chi connectivity index (χ0n) is 15.6. The van der Waals surface area contributed by atoms with E-state index in [2.05, 4.69) is 20.3 Å². The maximum absolute atomic E-state index is 11.8. The van der Waals surface area contributed by atoms with Crippen molar-refractivity contribution in [2.24, 2.45) is 15.0 Å². The smallest absolute Gasteiger partial charge is 0.328 e. The summed E-state index contributed by atoms with van der Waals surface area (Å²) in [5.74, 6) is 1.93. The van der Waals surface area contributed by atoms with Gasteiger partial charge in [-0.15, -0.1) is 0 Å². The van der Waals surface area contributed by atoms with Gasteiger partial charge in [0, 0.05) is 10.6 Å². The monoisotopic (exact) mass is 381 g/mol. The number of nitrogens with zero attached hydrogens (tertiary/aromatic N) is 4. The summed E-state index contributed by atoms with van der Waals surface area (Å²) in [6.45, 7) is 1.66. The molecular weight excluding hydrogens is 362 g/mol. The lowest BCUT2D eigenvalue weighted by Gasteiger charge is -2.18. The molecule has 0 aromatic heterocycles. The number of amidine groups is 3. The molecular formula is C19H19N5O4. The Hall–Kier alpha value is -3.75. The highest BCUT2D eigenvalue weighted by atomic mass is 16.6. The summed E-state index contributed by atoms with van der Waals surface area (Å²) in [5, 5.41) is 14.8. The molecule has 0 saturated carbocycles. The van der Waals surface area contributed by atoms with Crippen LogP contribution in [0, 0.1) is 10.1 Å². The van der Waals surface area contributed by atoms with Gasteiger partial charge in [0.05, 0.1) is 19.9 Å². The summed E-state index contributed by atoms with van der Waals surface area (Å²) in [6, 6.07) is 12.5. The Kier molecular flexibility index (Phi) is 5.64. The number of rotatable bonds is 5. The van der Waals surface area contributed by atoms with Crippen molar-refractivity contribution in [3.63, 3.8) is 0 Å². The molecule has 0 fully saturated rings. The Morgan fingerprint density at radius 3 is 2.11 bits per heavy atom. The van der Waals surface area contributed by atoms with Crippen molar-refractivity contribution in [1.82, 2.24) is 0 Å². The highest BCUT2D eigenvalue weighted by Crippen LogP contribution is 2.21. The normalized spacial score (nSPS) is 17.5. The number of benzene rings is 2. The van der Waals surface area contributed by atoms with E-state index in [9.17, 15) is 10.1 Å². The van der Waals surface area contributed by atoms with Crippen LogP contribution in [0.5, 0.6) is 11.5 Å². The molecule has 2 aromatic rings. The highest BCUT2D eigenvalue weighted by molar-refractivity contribution is 6.22. The summed E-state index contributed by atoms with van der Waals surface area (Å²) in [6.07, 6.45) is 0. The van der Waals surface area contributed by atoms with Crippen LogP contribution in [-0.4, -0.2) is 42.7 Å². The minimum Gasteiger partial charge on any atom is -0.497 e. The summed E-state index contributed by atoms with van der Waals surface area (Å²) in [7, 11) is 3.13. The van der Waals surface area contributed by atoms with Crippen LogP contribution in [0.15, 0.2) is 63.5 Å². The molecule has 1 N–H and O–H groups in total.